The summed E-state index contributed by atoms with van der Waals surface area (Å²) in [5.74, 6) is 0.880. The maximum Gasteiger partial charge on any atom is 0.234 e. The number of hydrogen-bond donors (Lipinski definition) is 0. The third-order valence-corrected chi connectivity index (χ3v) is 5.20. The topological polar surface area (TPSA) is 64.2 Å². The molecule has 1 atom stereocenters. The first-order valence-electron chi connectivity index (χ1n) is 7.77. The predicted molar refractivity (Wildman–Crippen MR) is 90.0 cm³/mol. The lowest BCUT2D eigenvalue weighted by Crippen LogP contribution is -2.27. The fraction of sp³-hybridized carbons (Fsp3) is 0.235. The summed E-state index contributed by atoms with van der Waals surface area (Å²) in [5.41, 5.74) is 1.22. The lowest BCUT2D eigenvalue weighted by atomic mass is 10.2. The van der Waals surface area contributed by atoms with Crippen LogP contribution in [0.25, 0.3) is 0 Å². The van der Waals surface area contributed by atoms with Crippen molar-refractivity contribution in [1.29, 1.82) is 0 Å². The van der Waals surface area contributed by atoms with E-state index in [1.54, 1.807) is 46.3 Å². The molecule has 0 aliphatic carbocycles. The van der Waals surface area contributed by atoms with Crippen molar-refractivity contribution >= 4 is 17.7 Å². The van der Waals surface area contributed by atoms with E-state index in [9.17, 15) is 9.18 Å². The SMILES string of the molecule is O=C1CSC(c2cn(Cc3ccccc3F)nn2)N1Cc1ccco1. The van der Waals surface area contributed by atoms with E-state index in [4.69, 9.17) is 4.42 Å². The Bertz CT molecular complexity index is 880. The molecule has 1 aliphatic heterocycles. The number of benzene rings is 1. The molecule has 1 aliphatic rings. The summed E-state index contributed by atoms with van der Waals surface area (Å²) in [4.78, 5) is 13.9. The van der Waals surface area contributed by atoms with E-state index < -0.39 is 0 Å². The van der Waals surface area contributed by atoms with E-state index in [2.05, 4.69) is 10.3 Å². The van der Waals surface area contributed by atoms with E-state index >= 15 is 0 Å². The minimum absolute atomic E-state index is 0.0371. The Morgan fingerprint density at radius 1 is 1.24 bits per heavy atom. The molecule has 0 radical (unpaired) electrons. The summed E-state index contributed by atoms with van der Waals surface area (Å²) >= 11 is 1.50. The first-order valence-corrected chi connectivity index (χ1v) is 8.82. The number of hydrogen-bond acceptors (Lipinski definition) is 5. The predicted octanol–water partition coefficient (Wildman–Crippen LogP) is 2.83. The molecule has 2 aromatic heterocycles. The average Bonchev–Trinajstić information content (AvgIpc) is 3.34. The van der Waals surface area contributed by atoms with Crippen LogP contribution < -0.4 is 0 Å². The number of nitrogens with zero attached hydrogens (tertiary/aromatic N) is 4. The molecule has 25 heavy (non-hydrogen) atoms. The van der Waals surface area contributed by atoms with E-state index in [-0.39, 0.29) is 17.1 Å². The van der Waals surface area contributed by atoms with Gasteiger partial charge in [-0.1, -0.05) is 23.4 Å². The number of carbonyl (C=O) groups excluding carboxylic acids is 1. The third kappa shape index (κ3) is 3.30. The summed E-state index contributed by atoms with van der Waals surface area (Å²) in [5, 5.41) is 8.05. The standard InChI is InChI=1S/C17H15FN4O2S/c18-14-6-2-1-4-12(14)8-21-10-15(19-20-21)17-22(16(23)11-25-17)9-13-5-3-7-24-13/h1-7,10,17H,8-9,11H2. The Morgan fingerprint density at radius 3 is 2.92 bits per heavy atom. The van der Waals surface area contributed by atoms with Crippen molar-refractivity contribution < 1.29 is 13.6 Å². The van der Waals surface area contributed by atoms with Gasteiger partial charge >= 0.3 is 0 Å². The third-order valence-electron chi connectivity index (χ3n) is 3.97. The molecule has 1 fully saturated rings. The molecular weight excluding hydrogens is 343 g/mol. The second-order valence-corrected chi connectivity index (χ2v) is 6.77. The molecule has 1 saturated heterocycles. The molecule has 8 heteroatoms. The zero-order chi connectivity index (χ0) is 17.2. The molecule has 1 amide bonds. The van der Waals surface area contributed by atoms with Crippen molar-refractivity contribution in [3.05, 3.63) is 71.7 Å². The first-order chi connectivity index (χ1) is 12.2. The second kappa shape index (κ2) is 6.72. The molecule has 0 N–H and O–H groups in total. The smallest absolute Gasteiger partial charge is 0.234 e. The van der Waals surface area contributed by atoms with Crippen LogP contribution in [0.5, 0.6) is 0 Å². The summed E-state index contributed by atoms with van der Waals surface area (Å²) in [6.07, 6.45) is 3.35. The number of aromatic nitrogens is 3. The Labute approximate surface area is 147 Å². The van der Waals surface area contributed by atoms with E-state index in [0.717, 1.165) is 5.76 Å². The Kier molecular flexibility index (Phi) is 4.27. The summed E-state index contributed by atoms with van der Waals surface area (Å²) < 4.78 is 20.7. The van der Waals surface area contributed by atoms with Crippen molar-refractivity contribution in [2.24, 2.45) is 0 Å². The van der Waals surface area contributed by atoms with Crippen LogP contribution in [0.3, 0.4) is 0 Å². The maximum atomic E-state index is 13.8. The van der Waals surface area contributed by atoms with Crippen LogP contribution >= 0.6 is 11.8 Å². The number of halogens is 1. The van der Waals surface area contributed by atoms with Gasteiger partial charge in [0.05, 0.1) is 31.3 Å². The van der Waals surface area contributed by atoms with Gasteiger partial charge in [0.2, 0.25) is 5.91 Å². The fourth-order valence-electron chi connectivity index (χ4n) is 2.75. The van der Waals surface area contributed by atoms with Crippen molar-refractivity contribution in [3.63, 3.8) is 0 Å². The monoisotopic (exact) mass is 358 g/mol. The van der Waals surface area contributed by atoms with Crippen molar-refractivity contribution in [1.82, 2.24) is 19.9 Å². The van der Waals surface area contributed by atoms with Crippen LogP contribution in [0, 0.1) is 5.82 Å². The van der Waals surface area contributed by atoms with Gasteiger partial charge in [0, 0.05) is 5.56 Å². The molecular formula is C17H15FN4O2S. The molecule has 0 bridgehead atoms. The Balaban J connectivity index is 1.52. The first kappa shape index (κ1) is 15.9. The van der Waals surface area contributed by atoms with Gasteiger partial charge in [-0.05, 0) is 18.2 Å². The number of thioether (sulfide) groups is 1. The van der Waals surface area contributed by atoms with E-state index in [1.165, 1.54) is 17.8 Å². The van der Waals surface area contributed by atoms with Crippen LogP contribution in [-0.2, 0) is 17.9 Å². The van der Waals surface area contributed by atoms with Crippen LogP contribution in [-0.4, -0.2) is 31.6 Å². The van der Waals surface area contributed by atoms with Crippen LogP contribution in [0.1, 0.15) is 22.4 Å². The normalized spacial score (nSPS) is 17.4. The van der Waals surface area contributed by atoms with Gasteiger partial charge in [-0.2, -0.15) is 0 Å². The lowest BCUT2D eigenvalue weighted by Gasteiger charge is -2.20. The van der Waals surface area contributed by atoms with Crippen molar-refractivity contribution in [2.75, 3.05) is 5.75 Å². The van der Waals surface area contributed by atoms with E-state index in [1.807, 2.05) is 6.07 Å². The van der Waals surface area contributed by atoms with Gasteiger partial charge in [-0.3, -0.25) is 4.79 Å². The van der Waals surface area contributed by atoms with Crippen LogP contribution in [0.15, 0.2) is 53.3 Å². The molecule has 0 saturated carbocycles. The van der Waals surface area contributed by atoms with Crippen LogP contribution in [0.4, 0.5) is 4.39 Å². The Morgan fingerprint density at radius 2 is 2.12 bits per heavy atom. The summed E-state index contributed by atoms with van der Waals surface area (Å²) in [7, 11) is 0. The molecule has 0 spiro atoms. The van der Waals surface area contributed by atoms with Crippen LogP contribution in [0.2, 0.25) is 0 Å². The van der Waals surface area contributed by atoms with Gasteiger partial charge in [0.15, 0.2) is 0 Å². The highest BCUT2D eigenvalue weighted by molar-refractivity contribution is 8.00. The molecule has 1 unspecified atom stereocenters. The molecule has 3 heterocycles. The van der Waals surface area contributed by atoms with E-state index in [0.29, 0.717) is 30.1 Å². The van der Waals surface area contributed by atoms with Gasteiger partial charge < -0.3 is 9.32 Å². The van der Waals surface area contributed by atoms with Crippen molar-refractivity contribution in [2.45, 2.75) is 18.5 Å². The summed E-state index contributed by atoms with van der Waals surface area (Å²) in [6.45, 7) is 0.687. The molecule has 3 aromatic rings. The molecule has 128 valence electrons. The largest absolute Gasteiger partial charge is 0.467 e. The second-order valence-electron chi connectivity index (χ2n) is 5.70. The number of rotatable bonds is 5. The van der Waals surface area contributed by atoms with Gasteiger partial charge in [-0.25, -0.2) is 9.07 Å². The minimum atomic E-state index is -0.274. The highest BCUT2D eigenvalue weighted by atomic mass is 32.2. The zero-order valence-corrected chi connectivity index (χ0v) is 14.0. The zero-order valence-electron chi connectivity index (χ0n) is 13.2. The van der Waals surface area contributed by atoms with Gasteiger partial charge in [0.25, 0.3) is 0 Å². The number of carbonyl (C=O) groups is 1. The quantitative estimate of drug-likeness (QED) is 0.702. The van der Waals surface area contributed by atoms with Gasteiger partial charge in [0.1, 0.15) is 22.6 Å². The molecule has 4 rings (SSSR count). The maximum absolute atomic E-state index is 13.8. The van der Waals surface area contributed by atoms with Gasteiger partial charge in [-0.15, -0.1) is 16.9 Å². The molecule has 1 aromatic carbocycles. The van der Waals surface area contributed by atoms with Crippen molar-refractivity contribution in [3.8, 4) is 0 Å². The fourth-order valence-corrected chi connectivity index (χ4v) is 3.86. The highest BCUT2D eigenvalue weighted by Gasteiger charge is 2.35. The average molecular weight is 358 g/mol. The summed E-state index contributed by atoms with van der Waals surface area (Å²) in [6, 6.07) is 10.2. The number of amides is 1. The number of furan rings is 1. The Hall–Kier alpha value is -2.61. The lowest BCUT2D eigenvalue weighted by molar-refractivity contribution is -0.128. The minimum Gasteiger partial charge on any atom is -0.467 e. The molecule has 6 nitrogen and oxygen atoms in total. The highest BCUT2D eigenvalue weighted by Crippen LogP contribution is 2.38.